The zero-order valence-corrected chi connectivity index (χ0v) is 18.2. The molecule has 8 heteroatoms. The molecule has 0 bridgehead atoms. The van der Waals surface area contributed by atoms with Crippen LogP contribution < -0.4 is 5.32 Å². The van der Waals surface area contributed by atoms with Gasteiger partial charge in [-0.25, -0.2) is 4.99 Å². The third-order valence-electron chi connectivity index (χ3n) is 4.17. The summed E-state index contributed by atoms with van der Waals surface area (Å²) in [4.78, 5) is 6.86. The largest absolute Gasteiger partial charge is 0.357 e. The molecule has 2 heterocycles. The molecule has 3 rings (SSSR count). The molecule has 0 saturated carbocycles. The van der Waals surface area contributed by atoms with Crippen LogP contribution in [-0.2, 0) is 20.1 Å². The van der Waals surface area contributed by atoms with Gasteiger partial charge in [0.05, 0.1) is 6.54 Å². The van der Waals surface area contributed by atoms with E-state index in [4.69, 9.17) is 4.99 Å². The topological polar surface area (TPSA) is 63.3 Å². The van der Waals surface area contributed by atoms with Gasteiger partial charge in [-0.15, -0.1) is 34.2 Å². The molecule has 3 aromatic rings. The number of nitrogens with zero attached hydrogens (tertiary/aromatic N) is 6. The molecule has 0 spiro atoms. The lowest BCUT2D eigenvalue weighted by Gasteiger charge is -2.22. The number of aryl methyl sites for hydroxylation is 1. The lowest BCUT2D eigenvalue weighted by Crippen LogP contribution is -2.38. The first kappa shape index (κ1) is 20.9. The number of benzene rings is 1. The Morgan fingerprint density at radius 2 is 1.96 bits per heavy atom. The molecule has 7 nitrogen and oxygen atoms in total. The number of aliphatic imine (C=N–C) groups is 1. The van der Waals surface area contributed by atoms with Gasteiger partial charge in [0.2, 0.25) is 0 Å². The van der Waals surface area contributed by atoms with Crippen molar-refractivity contribution >= 4 is 29.9 Å². The second kappa shape index (κ2) is 10.1. The van der Waals surface area contributed by atoms with E-state index in [1.807, 2.05) is 41.9 Å². The van der Waals surface area contributed by atoms with Crippen molar-refractivity contribution in [3.63, 3.8) is 0 Å². The number of rotatable bonds is 6. The minimum Gasteiger partial charge on any atom is -0.357 e. The van der Waals surface area contributed by atoms with Crippen molar-refractivity contribution < 1.29 is 0 Å². The summed E-state index contributed by atoms with van der Waals surface area (Å²) in [6.07, 6.45) is 3.77. The third-order valence-corrected chi connectivity index (χ3v) is 4.17. The van der Waals surface area contributed by atoms with Gasteiger partial charge in [-0.2, -0.15) is 0 Å². The van der Waals surface area contributed by atoms with Crippen LogP contribution in [0.2, 0.25) is 0 Å². The predicted octanol–water partition coefficient (Wildman–Crippen LogP) is 2.82. The Morgan fingerprint density at radius 1 is 1.19 bits per heavy atom. The van der Waals surface area contributed by atoms with Gasteiger partial charge in [0.1, 0.15) is 12.9 Å². The third kappa shape index (κ3) is 5.31. The van der Waals surface area contributed by atoms with Crippen LogP contribution in [0.3, 0.4) is 0 Å². The SMILES string of the molecule is CCNC(=NCc1nncn1-c1ccccc1)N(C)Cc1cccn1C.I. The summed E-state index contributed by atoms with van der Waals surface area (Å²) in [5, 5.41) is 11.6. The van der Waals surface area contributed by atoms with Crippen molar-refractivity contribution in [2.75, 3.05) is 13.6 Å². The molecule has 0 saturated heterocycles. The molecule has 0 aliphatic heterocycles. The maximum Gasteiger partial charge on any atom is 0.194 e. The van der Waals surface area contributed by atoms with Crippen molar-refractivity contribution in [3.05, 3.63) is 66.5 Å². The first-order chi connectivity index (χ1) is 12.7. The molecule has 27 heavy (non-hydrogen) atoms. The summed E-state index contributed by atoms with van der Waals surface area (Å²) in [7, 11) is 4.09. The van der Waals surface area contributed by atoms with Crippen LogP contribution in [0.15, 0.2) is 60.0 Å². The lowest BCUT2D eigenvalue weighted by atomic mass is 10.3. The van der Waals surface area contributed by atoms with E-state index in [9.17, 15) is 0 Å². The van der Waals surface area contributed by atoms with Gasteiger partial charge in [0.15, 0.2) is 11.8 Å². The minimum absolute atomic E-state index is 0. The van der Waals surface area contributed by atoms with Crippen LogP contribution in [0.4, 0.5) is 0 Å². The Kier molecular flexibility index (Phi) is 7.83. The number of hydrogen-bond acceptors (Lipinski definition) is 3. The van der Waals surface area contributed by atoms with Crippen LogP contribution in [0.1, 0.15) is 18.4 Å². The Labute approximate surface area is 177 Å². The maximum absolute atomic E-state index is 4.75. The van der Waals surface area contributed by atoms with Crippen molar-refractivity contribution in [2.24, 2.45) is 12.0 Å². The highest BCUT2D eigenvalue weighted by atomic mass is 127. The molecule has 0 unspecified atom stereocenters. The summed E-state index contributed by atoms with van der Waals surface area (Å²) in [6, 6.07) is 14.2. The van der Waals surface area contributed by atoms with Crippen molar-refractivity contribution in [3.8, 4) is 5.69 Å². The van der Waals surface area contributed by atoms with E-state index in [2.05, 4.69) is 57.3 Å². The highest BCUT2D eigenvalue weighted by molar-refractivity contribution is 14.0. The van der Waals surface area contributed by atoms with Gasteiger partial charge in [0.25, 0.3) is 0 Å². The van der Waals surface area contributed by atoms with Gasteiger partial charge >= 0.3 is 0 Å². The van der Waals surface area contributed by atoms with Gasteiger partial charge < -0.3 is 14.8 Å². The van der Waals surface area contributed by atoms with E-state index < -0.39 is 0 Å². The fourth-order valence-corrected chi connectivity index (χ4v) is 2.76. The van der Waals surface area contributed by atoms with Crippen LogP contribution in [0.5, 0.6) is 0 Å². The van der Waals surface area contributed by atoms with Crippen LogP contribution in [0, 0.1) is 0 Å². The summed E-state index contributed by atoms with van der Waals surface area (Å²) < 4.78 is 4.08. The fourth-order valence-electron chi connectivity index (χ4n) is 2.76. The van der Waals surface area contributed by atoms with E-state index in [0.717, 1.165) is 30.6 Å². The summed E-state index contributed by atoms with van der Waals surface area (Å²) in [5.41, 5.74) is 2.26. The molecule has 0 atom stereocenters. The highest BCUT2D eigenvalue weighted by Crippen LogP contribution is 2.10. The monoisotopic (exact) mass is 479 g/mol. The lowest BCUT2D eigenvalue weighted by molar-refractivity contribution is 0.461. The van der Waals surface area contributed by atoms with E-state index in [1.165, 1.54) is 5.69 Å². The van der Waals surface area contributed by atoms with Crippen LogP contribution >= 0.6 is 24.0 Å². The molecule has 1 aromatic carbocycles. The van der Waals surface area contributed by atoms with Crippen LogP contribution in [0.25, 0.3) is 5.69 Å². The zero-order valence-electron chi connectivity index (χ0n) is 15.9. The van der Waals surface area contributed by atoms with E-state index in [-0.39, 0.29) is 24.0 Å². The van der Waals surface area contributed by atoms with E-state index in [1.54, 1.807) is 6.33 Å². The Bertz CT molecular complexity index is 854. The molecule has 0 aliphatic rings. The quantitative estimate of drug-likeness (QED) is 0.336. The Hall–Kier alpha value is -2.36. The molecule has 144 valence electrons. The first-order valence-electron chi connectivity index (χ1n) is 8.73. The standard InChI is InChI=1S/C19H25N7.HI/c1-4-20-19(25(3)14-17-11-8-12-24(17)2)21-13-18-23-22-15-26(18)16-9-6-5-7-10-16;/h5-12,15H,4,13-14H2,1-3H3,(H,20,21);1H. The predicted molar refractivity (Wildman–Crippen MR) is 118 cm³/mol. The van der Waals surface area contributed by atoms with Gasteiger partial charge in [-0.1, -0.05) is 18.2 Å². The zero-order chi connectivity index (χ0) is 18.4. The molecule has 1 N–H and O–H groups in total. The number of guanidine groups is 1. The number of para-hydroxylation sites is 1. The molecule has 2 aromatic heterocycles. The van der Waals surface area contributed by atoms with Crippen LogP contribution in [-0.4, -0.2) is 43.8 Å². The molecule has 0 amide bonds. The number of hydrogen-bond donors (Lipinski definition) is 1. The van der Waals surface area contributed by atoms with Crippen molar-refractivity contribution in [2.45, 2.75) is 20.0 Å². The molecular formula is C19H26IN7. The summed E-state index contributed by atoms with van der Waals surface area (Å²) in [6.45, 7) is 4.11. The fraction of sp³-hybridized carbons (Fsp3) is 0.316. The molecular weight excluding hydrogens is 453 g/mol. The first-order valence-corrected chi connectivity index (χ1v) is 8.73. The van der Waals surface area contributed by atoms with E-state index in [0.29, 0.717) is 6.54 Å². The molecule has 0 fully saturated rings. The average molecular weight is 479 g/mol. The van der Waals surface area contributed by atoms with E-state index >= 15 is 0 Å². The van der Waals surface area contributed by atoms with Gasteiger partial charge in [-0.3, -0.25) is 4.57 Å². The van der Waals surface area contributed by atoms with Gasteiger partial charge in [0, 0.05) is 38.2 Å². The summed E-state index contributed by atoms with van der Waals surface area (Å²) in [5.74, 6) is 1.65. The van der Waals surface area contributed by atoms with Crippen molar-refractivity contribution in [1.29, 1.82) is 0 Å². The van der Waals surface area contributed by atoms with Crippen molar-refractivity contribution in [1.82, 2.24) is 29.5 Å². The smallest absolute Gasteiger partial charge is 0.194 e. The second-order valence-electron chi connectivity index (χ2n) is 6.09. The maximum atomic E-state index is 4.75. The average Bonchev–Trinajstić information content (AvgIpc) is 3.28. The Balaban J connectivity index is 0.00000261. The van der Waals surface area contributed by atoms with Gasteiger partial charge in [-0.05, 0) is 31.2 Å². The number of aromatic nitrogens is 4. The molecule has 0 radical (unpaired) electrons. The normalized spacial score (nSPS) is 11.1. The minimum atomic E-state index is 0. The molecule has 0 aliphatic carbocycles. The Morgan fingerprint density at radius 3 is 2.63 bits per heavy atom. The number of nitrogens with one attached hydrogen (secondary N) is 1. The second-order valence-corrected chi connectivity index (χ2v) is 6.09. The highest BCUT2D eigenvalue weighted by Gasteiger charge is 2.10. The summed E-state index contributed by atoms with van der Waals surface area (Å²) >= 11 is 0. The number of halogens is 1.